The van der Waals surface area contributed by atoms with Crippen molar-refractivity contribution in [1.29, 1.82) is 0 Å². The molecule has 1 saturated heterocycles. The summed E-state index contributed by atoms with van der Waals surface area (Å²) in [6, 6.07) is -0.461. The molecular formula is C11H20N2O3. The van der Waals surface area contributed by atoms with Crippen LogP contribution in [0.25, 0.3) is 0 Å². The molecule has 16 heavy (non-hydrogen) atoms. The number of amides is 2. The van der Waals surface area contributed by atoms with Gasteiger partial charge in [0.15, 0.2) is 0 Å². The number of nitrogens with one attached hydrogen (secondary N) is 1. The highest BCUT2D eigenvalue weighted by Gasteiger charge is 2.30. The molecule has 0 radical (unpaired) electrons. The van der Waals surface area contributed by atoms with Crippen LogP contribution in [-0.2, 0) is 9.53 Å². The minimum absolute atomic E-state index is 0.122. The molecule has 1 N–H and O–H groups in total. The molecule has 0 spiro atoms. The molecule has 0 saturated carbocycles. The summed E-state index contributed by atoms with van der Waals surface area (Å²) < 4.78 is 5.26. The molecule has 2 amide bonds. The van der Waals surface area contributed by atoms with Gasteiger partial charge >= 0.3 is 6.09 Å². The maximum absolute atomic E-state index is 11.8. The topological polar surface area (TPSA) is 58.6 Å². The molecule has 1 aliphatic heterocycles. The zero-order chi connectivity index (χ0) is 12.3. The molecule has 0 aromatic heterocycles. The standard InChI is InChI=1S/C11H20N2O3/c1-8-9(14)12-6-5-7-13(8)10(15)16-11(2,3)4/h8H,5-7H2,1-4H3,(H,12,14)/t8-/m0/s1. The summed E-state index contributed by atoms with van der Waals surface area (Å²) in [5, 5.41) is 2.75. The quantitative estimate of drug-likeness (QED) is 0.676. The average molecular weight is 228 g/mol. The van der Waals surface area contributed by atoms with Crippen molar-refractivity contribution in [2.24, 2.45) is 0 Å². The van der Waals surface area contributed by atoms with Crippen molar-refractivity contribution < 1.29 is 14.3 Å². The Morgan fingerprint density at radius 2 is 2.12 bits per heavy atom. The van der Waals surface area contributed by atoms with E-state index < -0.39 is 17.7 Å². The lowest BCUT2D eigenvalue weighted by atomic mass is 10.2. The first-order valence-electron chi connectivity index (χ1n) is 5.58. The minimum Gasteiger partial charge on any atom is -0.444 e. The second kappa shape index (κ2) is 4.72. The summed E-state index contributed by atoms with van der Waals surface area (Å²) in [4.78, 5) is 24.9. The Balaban J connectivity index is 2.69. The van der Waals surface area contributed by atoms with Crippen LogP contribution in [0, 0.1) is 0 Å². The van der Waals surface area contributed by atoms with E-state index in [1.807, 2.05) is 20.8 Å². The van der Waals surface area contributed by atoms with Crippen molar-refractivity contribution in [3.05, 3.63) is 0 Å². The molecule has 0 aromatic rings. The summed E-state index contributed by atoms with van der Waals surface area (Å²) in [7, 11) is 0. The largest absolute Gasteiger partial charge is 0.444 e. The van der Waals surface area contributed by atoms with Gasteiger partial charge in [0.25, 0.3) is 0 Å². The third kappa shape index (κ3) is 3.40. The first-order chi connectivity index (χ1) is 7.31. The zero-order valence-corrected chi connectivity index (χ0v) is 10.4. The summed E-state index contributed by atoms with van der Waals surface area (Å²) in [6.45, 7) is 8.32. The number of hydrogen-bond acceptors (Lipinski definition) is 3. The van der Waals surface area contributed by atoms with E-state index in [9.17, 15) is 9.59 Å². The van der Waals surface area contributed by atoms with Gasteiger partial charge in [0, 0.05) is 13.1 Å². The van der Waals surface area contributed by atoms with Crippen molar-refractivity contribution in [1.82, 2.24) is 10.2 Å². The predicted octanol–water partition coefficient (Wildman–Crippen LogP) is 1.13. The molecule has 1 rings (SSSR count). The van der Waals surface area contributed by atoms with Crippen LogP contribution >= 0.6 is 0 Å². The van der Waals surface area contributed by atoms with Crippen molar-refractivity contribution in [3.63, 3.8) is 0 Å². The highest BCUT2D eigenvalue weighted by atomic mass is 16.6. The average Bonchev–Trinajstić information content (AvgIpc) is 2.27. The van der Waals surface area contributed by atoms with E-state index in [1.165, 1.54) is 4.90 Å². The van der Waals surface area contributed by atoms with E-state index in [0.29, 0.717) is 13.1 Å². The third-order valence-electron chi connectivity index (χ3n) is 2.35. The van der Waals surface area contributed by atoms with Crippen molar-refractivity contribution in [2.75, 3.05) is 13.1 Å². The smallest absolute Gasteiger partial charge is 0.410 e. The lowest BCUT2D eigenvalue weighted by molar-refractivity contribution is -0.124. The van der Waals surface area contributed by atoms with Gasteiger partial charge in [0.2, 0.25) is 5.91 Å². The fourth-order valence-electron chi connectivity index (χ4n) is 1.51. The fourth-order valence-corrected chi connectivity index (χ4v) is 1.51. The van der Waals surface area contributed by atoms with Gasteiger partial charge in [-0.25, -0.2) is 4.79 Å². The number of ether oxygens (including phenoxy) is 1. The Labute approximate surface area is 96.1 Å². The highest BCUT2D eigenvalue weighted by molar-refractivity contribution is 5.85. The van der Waals surface area contributed by atoms with Crippen LogP contribution in [0.1, 0.15) is 34.1 Å². The highest BCUT2D eigenvalue weighted by Crippen LogP contribution is 2.13. The molecule has 5 nitrogen and oxygen atoms in total. The summed E-state index contributed by atoms with van der Waals surface area (Å²) >= 11 is 0. The minimum atomic E-state index is -0.528. The first-order valence-corrected chi connectivity index (χ1v) is 5.58. The third-order valence-corrected chi connectivity index (χ3v) is 2.35. The Hall–Kier alpha value is -1.26. The van der Waals surface area contributed by atoms with E-state index in [1.54, 1.807) is 6.92 Å². The van der Waals surface area contributed by atoms with Gasteiger partial charge in [-0.15, -0.1) is 0 Å². The number of rotatable bonds is 0. The van der Waals surface area contributed by atoms with Gasteiger partial charge in [-0.05, 0) is 34.1 Å². The second-order valence-corrected chi connectivity index (χ2v) is 4.99. The first kappa shape index (κ1) is 12.8. The molecule has 0 unspecified atom stereocenters. The van der Waals surface area contributed by atoms with Crippen LogP contribution in [-0.4, -0.2) is 41.6 Å². The van der Waals surface area contributed by atoms with Crippen LogP contribution in [0.2, 0.25) is 0 Å². The predicted molar refractivity (Wildman–Crippen MR) is 60.0 cm³/mol. The van der Waals surface area contributed by atoms with Crippen molar-refractivity contribution in [3.8, 4) is 0 Å². The molecule has 0 aliphatic carbocycles. The number of nitrogens with zero attached hydrogens (tertiary/aromatic N) is 1. The number of hydrogen-bond donors (Lipinski definition) is 1. The molecule has 0 aromatic carbocycles. The monoisotopic (exact) mass is 228 g/mol. The Bertz CT molecular complexity index is 283. The van der Waals surface area contributed by atoms with Crippen LogP contribution < -0.4 is 5.32 Å². The van der Waals surface area contributed by atoms with E-state index in [4.69, 9.17) is 4.74 Å². The number of carbonyl (C=O) groups excluding carboxylic acids is 2. The molecule has 0 bridgehead atoms. The van der Waals surface area contributed by atoms with Crippen LogP contribution in [0.4, 0.5) is 4.79 Å². The Morgan fingerprint density at radius 3 is 2.69 bits per heavy atom. The molecule has 1 fully saturated rings. The van der Waals surface area contributed by atoms with Gasteiger partial charge < -0.3 is 10.1 Å². The van der Waals surface area contributed by atoms with Crippen molar-refractivity contribution in [2.45, 2.75) is 45.8 Å². The maximum atomic E-state index is 11.8. The van der Waals surface area contributed by atoms with Gasteiger partial charge in [-0.3, -0.25) is 9.69 Å². The summed E-state index contributed by atoms with van der Waals surface area (Å²) in [5.41, 5.74) is -0.528. The molecule has 5 heteroatoms. The summed E-state index contributed by atoms with van der Waals surface area (Å²) in [6.07, 6.45) is 0.340. The van der Waals surface area contributed by atoms with Crippen LogP contribution in [0.15, 0.2) is 0 Å². The Kier molecular flexibility index (Phi) is 3.78. The fraction of sp³-hybridized carbons (Fsp3) is 0.818. The van der Waals surface area contributed by atoms with E-state index in [0.717, 1.165) is 6.42 Å². The Morgan fingerprint density at radius 1 is 1.50 bits per heavy atom. The normalized spacial score (nSPS) is 22.4. The number of carbonyl (C=O) groups is 2. The molecule has 1 heterocycles. The van der Waals surface area contributed by atoms with Gasteiger partial charge in [-0.2, -0.15) is 0 Å². The van der Waals surface area contributed by atoms with Crippen LogP contribution in [0.3, 0.4) is 0 Å². The lowest BCUT2D eigenvalue weighted by Crippen LogP contribution is -2.47. The maximum Gasteiger partial charge on any atom is 0.410 e. The van der Waals surface area contributed by atoms with Gasteiger partial charge in [-0.1, -0.05) is 0 Å². The molecular weight excluding hydrogens is 208 g/mol. The van der Waals surface area contributed by atoms with Crippen molar-refractivity contribution >= 4 is 12.0 Å². The van der Waals surface area contributed by atoms with Gasteiger partial charge in [0.1, 0.15) is 11.6 Å². The second-order valence-electron chi connectivity index (χ2n) is 4.99. The van der Waals surface area contributed by atoms with Crippen LogP contribution in [0.5, 0.6) is 0 Å². The molecule has 92 valence electrons. The molecule has 1 aliphatic rings. The lowest BCUT2D eigenvalue weighted by Gasteiger charge is -2.29. The SMILES string of the molecule is C[C@H]1C(=O)NCCCN1C(=O)OC(C)(C)C. The van der Waals surface area contributed by atoms with E-state index >= 15 is 0 Å². The summed E-state index contributed by atoms with van der Waals surface area (Å²) in [5.74, 6) is -0.122. The zero-order valence-electron chi connectivity index (χ0n) is 10.4. The van der Waals surface area contributed by atoms with E-state index in [-0.39, 0.29) is 5.91 Å². The van der Waals surface area contributed by atoms with E-state index in [2.05, 4.69) is 5.32 Å². The van der Waals surface area contributed by atoms with Gasteiger partial charge in [0.05, 0.1) is 0 Å². The molecule has 1 atom stereocenters.